The van der Waals surface area contributed by atoms with E-state index in [1.165, 1.54) is 0 Å². The van der Waals surface area contributed by atoms with Crippen LogP contribution in [-0.2, 0) is 9.53 Å². The molecule has 2 rings (SSSR count). The Morgan fingerprint density at radius 3 is 2.79 bits per heavy atom. The van der Waals surface area contributed by atoms with Gasteiger partial charge in [0.1, 0.15) is 18.5 Å². The molecule has 0 aromatic heterocycles. The van der Waals surface area contributed by atoms with Crippen molar-refractivity contribution in [1.29, 1.82) is 0 Å². The van der Waals surface area contributed by atoms with Crippen LogP contribution in [0.3, 0.4) is 0 Å². The number of rotatable bonds is 6. The second-order valence-electron chi connectivity index (χ2n) is 4.46. The molecule has 1 aliphatic rings. The molecule has 5 heteroatoms. The topological polar surface area (TPSA) is 67.8 Å². The average molecular weight is 265 g/mol. The Morgan fingerprint density at radius 2 is 2.16 bits per heavy atom. The van der Waals surface area contributed by atoms with E-state index in [9.17, 15) is 4.79 Å². The third-order valence-electron chi connectivity index (χ3n) is 3.14. The SMILES string of the molecule is CCO[C@@H]1C[C@H](NC(=O)CO)[C@H]1Oc1ccccc1. The highest BCUT2D eigenvalue weighted by Gasteiger charge is 2.44. The molecule has 0 radical (unpaired) electrons. The third-order valence-corrected chi connectivity index (χ3v) is 3.14. The summed E-state index contributed by atoms with van der Waals surface area (Å²) in [4.78, 5) is 11.2. The maximum atomic E-state index is 11.2. The molecule has 0 unspecified atom stereocenters. The normalized spacial score (nSPS) is 25.5. The smallest absolute Gasteiger partial charge is 0.246 e. The van der Waals surface area contributed by atoms with E-state index in [2.05, 4.69) is 5.32 Å². The van der Waals surface area contributed by atoms with Crippen LogP contribution >= 0.6 is 0 Å². The number of aliphatic hydroxyl groups is 1. The summed E-state index contributed by atoms with van der Waals surface area (Å²) >= 11 is 0. The van der Waals surface area contributed by atoms with Gasteiger partial charge in [0.25, 0.3) is 0 Å². The van der Waals surface area contributed by atoms with E-state index < -0.39 is 6.61 Å². The van der Waals surface area contributed by atoms with Crippen molar-refractivity contribution in [3.05, 3.63) is 30.3 Å². The summed E-state index contributed by atoms with van der Waals surface area (Å²) in [5.74, 6) is 0.363. The molecule has 0 heterocycles. The zero-order valence-electron chi connectivity index (χ0n) is 10.9. The van der Waals surface area contributed by atoms with Crippen LogP contribution in [0.1, 0.15) is 13.3 Å². The predicted octanol–water partition coefficient (Wildman–Crippen LogP) is 0.720. The Balaban J connectivity index is 1.96. The summed E-state index contributed by atoms with van der Waals surface area (Å²) in [5.41, 5.74) is 0. The first kappa shape index (κ1) is 13.8. The highest BCUT2D eigenvalue weighted by Crippen LogP contribution is 2.29. The molecule has 1 aromatic carbocycles. The number of aliphatic hydroxyl groups excluding tert-OH is 1. The van der Waals surface area contributed by atoms with Crippen molar-refractivity contribution in [3.63, 3.8) is 0 Å². The lowest BCUT2D eigenvalue weighted by atomic mass is 9.85. The number of hydrogen-bond acceptors (Lipinski definition) is 4. The van der Waals surface area contributed by atoms with Gasteiger partial charge >= 0.3 is 0 Å². The average Bonchev–Trinajstić information content (AvgIpc) is 2.44. The molecule has 104 valence electrons. The van der Waals surface area contributed by atoms with Crippen molar-refractivity contribution >= 4 is 5.91 Å². The molecule has 0 bridgehead atoms. The van der Waals surface area contributed by atoms with Gasteiger partial charge in [-0.15, -0.1) is 0 Å². The van der Waals surface area contributed by atoms with E-state index in [-0.39, 0.29) is 24.2 Å². The standard InChI is InChI=1S/C14H19NO4/c1-2-18-12-8-11(15-13(17)9-16)14(12)19-10-6-4-3-5-7-10/h3-7,11-12,14,16H,2,8-9H2,1H3,(H,15,17)/t11-,12+,14+/m0/s1. The second kappa shape index (κ2) is 6.54. The molecule has 1 amide bonds. The third kappa shape index (κ3) is 3.45. The van der Waals surface area contributed by atoms with Gasteiger partial charge in [0.15, 0.2) is 0 Å². The molecule has 1 saturated carbocycles. The second-order valence-corrected chi connectivity index (χ2v) is 4.46. The Labute approximate surface area is 112 Å². The Hall–Kier alpha value is -1.59. The van der Waals surface area contributed by atoms with E-state index in [0.29, 0.717) is 13.0 Å². The van der Waals surface area contributed by atoms with E-state index in [1.807, 2.05) is 37.3 Å². The zero-order chi connectivity index (χ0) is 13.7. The van der Waals surface area contributed by atoms with Crippen LogP contribution in [0.4, 0.5) is 0 Å². The van der Waals surface area contributed by atoms with Crippen LogP contribution in [0.15, 0.2) is 30.3 Å². The number of benzene rings is 1. The first-order chi connectivity index (χ1) is 9.24. The highest BCUT2D eigenvalue weighted by atomic mass is 16.5. The Bertz CT molecular complexity index is 409. The van der Waals surface area contributed by atoms with Crippen LogP contribution in [0, 0.1) is 0 Å². The molecule has 0 saturated heterocycles. The van der Waals surface area contributed by atoms with Gasteiger partial charge < -0.3 is 19.9 Å². The summed E-state index contributed by atoms with van der Waals surface area (Å²) in [6.45, 7) is 2.03. The van der Waals surface area contributed by atoms with Crippen molar-refractivity contribution < 1.29 is 19.4 Å². The molecular weight excluding hydrogens is 246 g/mol. The van der Waals surface area contributed by atoms with Crippen molar-refractivity contribution in [1.82, 2.24) is 5.32 Å². The quantitative estimate of drug-likeness (QED) is 0.795. The van der Waals surface area contributed by atoms with Crippen LogP contribution < -0.4 is 10.1 Å². The van der Waals surface area contributed by atoms with Crippen molar-refractivity contribution in [2.24, 2.45) is 0 Å². The molecule has 1 aromatic rings. The molecular formula is C14H19NO4. The van der Waals surface area contributed by atoms with Crippen LogP contribution in [0.2, 0.25) is 0 Å². The van der Waals surface area contributed by atoms with Gasteiger partial charge in [-0.1, -0.05) is 18.2 Å². The maximum Gasteiger partial charge on any atom is 0.246 e. The maximum absolute atomic E-state index is 11.2. The molecule has 0 aliphatic heterocycles. The first-order valence-electron chi connectivity index (χ1n) is 6.48. The van der Waals surface area contributed by atoms with Gasteiger partial charge in [0.05, 0.1) is 12.1 Å². The fourth-order valence-electron chi connectivity index (χ4n) is 2.17. The highest BCUT2D eigenvalue weighted by molar-refractivity contribution is 5.77. The number of ether oxygens (including phenoxy) is 2. The number of nitrogens with one attached hydrogen (secondary N) is 1. The number of amides is 1. The summed E-state index contributed by atoms with van der Waals surface area (Å²) in [6.07, 6.45) is 0.476. The van der Waals surface area contributed by atoms with Gasteiger partial charge in [0.2, 0.25) is 5.91 Å². The number of para-hydroxylation sites is 1. The molecule has 5 nitrogen and oxygen atoms in total. The Morgan fingerprint density at radius 1 is 1.42 bits per heavy atom. The molecule has 0 spiro atoms. The van der Waals surface area contributed by atoms with Crippen molar-refractivity contribution in [2.45, 2.75) is 31.6 Å². The number of carbonyl (C=O) groups excluding carboxylic acids is 1. The van der Waals surface area contributed by atoms with Gasteiger partial charge in [-0.3, -0.25) is 4.79 Å². The molecule has 2 N–H and O–H groups in total. The summed E-state index contributed by atoms with van der Waals surface area (Å²) in [5, 5.41) is 11.5. The lowest BCUT2D eigenvalue weighted by molar-refractivity contribution is -0.134. The fraction of sp³-hybridized carbons (Fsp3) is 0.500. The minimum Gasteiger partial charge on any atom is -0.486 e. The van der Waals surface area contributed by atoms with Crippen molar-refractivity contribution in [3.8, 4) is 5.75 Å². The van der Waals surface area contributed by atoms with Gasteiger partial charge in [-0.05, 0) is 19.1 Å². The summed E-state index contributed by atoms with van der Waals surface area (Å²) in [6, 6.07) is 9.32. The van der Waals surface area contributed by atoms with Crippen LogP contribution in [-0.4, -0.2) is 42.5 Å². The number of carbonyl (C=O) groups is 1. The molecule has 1 fully saturated rings. The van der Waals surface area contributed by atoms with E-state index in [0.717, 1.165) is 5.75 Å². The lowest BCUT2D eigenvalue weighted by Crippen LogP contribution is -2.63. The number of hydrogen-bond donors (Lipinski definition) is 2. The Kier molecular flexibility index (Phi) is 4.76. The molecule has 19 heavy (non-hydrogen) atoms. The minimum atomic E-state index is -0.506. The summed E-state index contributed by atoms with van der Waals surface area (Å²) in [7, 11) is 0. The van der Waals surface area contributed by atoms with Gasteiger partial charge in [-0.25, -0.2) is 0 Å². The monoisotopic (exact) mass is 265 g/mol. The van der Waals surface area contributed by atoms with Crippen molar-refractivity contribution in [2.75, 3.05) is 13.2 Å². The summed E-state index contributed by atoms with van der Waals surface area (Å²) < 4.78 is 11.4. The minimum absolute atomic E-state index is 0.0193. The lowest BCUT2D eigenvalue weighted by Gasteiger charge is -2.43. The van der Waals surface area contributed by atoms with Crippen LogP contribution in [0.5, 0.6) is 5.75 Å². The predicted molar refractivity (Wildman–Crippen MR) is 69.9 cm³/mol. The van der Waals surface area contributed by atoms with Gasteiger partial charge in [0, 0.05) is 13.0 Å². The largest absolute Gasteiger partial charge is 0.486 e. The molecule has 3 atom stereocenters. The van der Waals surface area contributed by atoms with E-state index in [4.69, 9.17) is 14.6 Å². The zero-order valence-corrected chi connectivity index (χ0v) is 10.9. The molecule has 1 aliphatic carbocycles. The van der Waals surface area contributed by atoms with Gasteiger partial charge in [-0.2, -0.15) is 0 Å². The fourth-order valence-corrected chi connectivity index (χ4v) is 2.17. The van der Waals surface area contributed by atoms with Crippen LogP contribution in [0.25, 0.3) is 0 Å². The van der Waals surface area contributed by atoms with E-state index in [1.54, 1.807) is 0 Å². The first-order valence-corrected chi connectivity index (χ1v) is 6.48. The van der Waals surface area contributed by atoms with E-state index >= 15 is 0 Å².